The summed E-state index contributed by atoms with van der Waals surface area (Å²) in [5.74, 6) is -0.0571. The average molecular weight is 290 g/mol. The Hall–Kier alpha value is -2.31. The molecule has 0 saturated heterocycles. The second-order valence-electron chi connectivity index (χ2n) is 4.68. The van der Waals surface area contributed by atoms with Crippen molar-refractivity contribution in [3.8, 4) is 6.07 Å². The number of amides is 1. The summed E-state index contributed by atoms with van der Waals surface area (Å²) in [4.78, 5) is 20.1. The largest absolute Gasteiger partial charge is 0.368 e. The predicted octanol–water partition coefficient (Wildman–Crippen LogP) is 1.96. The van der Waals surface area contributed by atoms with Gasteiger partial charge in [-0.25, -0.2) is 9.83 Å². The van der Waals surface area contributed by atoms with Crippen LogP contribution in [0.1, 0.15) is 29.9 Å². The Kier molecular flexibility index (Phi) is 3.78. The Balaban J connectivity index is 2.62. The van der Waals surface area contributed by atoms with Gasteiger partial charge in [-0.2, -0.15) is 5.26 Å². The van der Waals surface area contributed by atoms with Gasteiger partial charge in [-0.05, 0) is 24.3 Å². The molecule has 0 spiro atoms. The summed E-state index contributed by atoms with van der Waals surface area (Å²) >= 11 is 6.04. The molecule has 0 unspecified atom stereocenters. The van der Waals surface area contributed by atoms with Gasteiger partial charge in [0.15, 0.2) is 0 Å². The molecule has 7 heteroatoms. The Morgan fingerprint density at radius 2 is 2.35 bits per heavy atom. The van der Waals surface area contributed by atoms with Crippen molar-refractivity contribution in [2.75, 3.05) is 18.5 Å². The highest BCUT2D eigenvalue weighted by Gasteiger charge is 2.33. The monoisotopic (exact) mass is 289 g/mol. The minimum absolute atomic E-state index is 0.0631. The van der Waals surface area contributed by atoms with Crippen LogP contribution in [0.5, 0.6) is 0 Å². The fraction of sp³-hybridized carbons (Fsp3) is 0.385. The highest BCUT2D eigenvalue weighted by molar-refractivity contribution is 6.31. The molecule has 1 amide bonds. The molecular weight excluding hydrogens is 278 g/mol. The van der Waals surface area contributed by atoms with Gasteiger partial charge in [-0.15, -0.1) is 0 Å². The number of hydrogen-bond donors (Lipinski definition) is 1. The minimum Gasteiger partial charge on any atom is -0.368 e. The highest BCUT2D eigenvalue weighted by Crippen LogP contribution is 2.49. The molecule has 1 aromatic rings. The van der Waals surface area contributed by atoms with Crippen molar-refractivity contribution >= 4 is 29.0 Å². The maximum atomic E-state index is 11.0. The Morgan fingerprint density at radius 3 is 2.80 bits per heavy atom. The summed E-state index contributed by atoms with van der Waals surface area (Å²) in [6.07, 6.45) is 1.85. The third kappa shape index (κ3) is 2.52. The van der Waals surface area contributed by atoms with Gasteiger partial charge < -0.3 is 10.6 Å². The van der Waals surface area contributed by atoms with Crippen LogP contribution in [0.2, 0.25) is 5.15 Å². The van der Waals surface area contributed by atoms with E-state index < -0.39 is 5.91 Å². The van der Waals surface area contributed by atoms with Crippen LogP contribution < -0.4 is 10.6 Å². The number of rotatable bonds is 4. The minimum atomic E-state index is -0.529. The van der Waals surface area contributed by atoms with Crippen molar-refractivity contribution in [2.45, 2.75) is 18.8 Å². The Bertz CT molecular complexity index is 654. The zero-order chi connectivity index (χ0) is 14.9. The quantitative estimate of drug-likeness (QED) is 0.678. The summed E-state index contributed by atoms with van der Waals surface area (Å²) in [6.45, 7) is 7.29. The van der Waals surface area contributed by atoms with E-state index in [9.17, 15) is 10.1 Å². The van der Waals surface area contributed by atoms with E-state index in [1.165, 1.54) is 4.90 Å². The van der Waals surface area contributed by atoms with Gasteiger partial charge >= 0.3 is 0 Å². The van der Waals surface area contributed by atoms with Crippen molar-refractivity contribution in [3.63, 3.8) is 0 Å². The molecule has 1 aliphatic carbocycles. The number of carbonyl (C=O) groups excluding carboxylic acids is 1. The second-order valence-corrected chi connectivity index (χ2v) is 5.04. The molecule has 1 fully saturated rings. The zero-order valence-corrected chi connectivity index (χ0v) is 11.6. The van der Waals surface area contributed by atoms with Gasteiger partial charge in [-0.3, -0.25) is 4.79 Å². The number of halogens is 1. The van der Waals surface area contributed by atoms with E-state index in [4.69, 9.17) is 23.9 Å². The number of carbonyl (C=O) groups is 1. The topological polar surface area (TPSA) is 87.4 Å². The number of primary amides is 1. The number of likely N-dealkylation sites (N-methyl/N-ethyl adjacent to an activating group) is 1. The smallest absolute Gasteiger partial charge is 0.236 e. The summed E-state index contributed by atoms with van der Waals surface area (Å²) in [5, 5.41) is 9.27. The molecule has 20 heavy (non-hydrogen) atoms. The third-order valence-electron chi connectivity index (χ3n) is 3.11. The normalized spacial score (nSPS) is 13.4. The summed E-state index contributed by atoms with van der Waals surface area (Å²) in [7, 11) is 1.61. The van der Waals surface area contributed by atoms with Crippen LogP contribution in [0.15, 0.2) is 0 Å². The third-order valence-corrected chi connectivity index (χ3v) is 3.38. The number of anilines is 1. The number of nitriles is 1. The Morgan fingerprint density at radius 1 is 1.70 bits per heavy atom. The molecule has 0 bridgehead atoms. The van der Waals surface area contributed by atoms with Gasteiger partial charge in [0.2, 0.25) is 11.6 Å². The van der Waals surface area contributed by atoms with Crippen molar-refractivity contribution in [1.82, 2.24) is 4.98 Å². The van der Waals surface area contributed by atoms with Gasteiger partial charge in [0.1, 0.15) is 17.0 Å². The van der Waals surface area contributed by atoms with Crippen molar-refractivity contribution in [1.29, 1.82) is 5.26 Å². The zero-order valence-electron chi connectivity index (χ0n) is 10.9. The maximum absolute atomic E-state index is 11.0. The molecule has 2 rings (SSSR count). The first-order chi connectivity index (χ1) is 9.49. The number of hydrogen-bond acceptors (Lipinski definition) is 4. The summed E-state index contributed by atoms with van der Waals surface area (Å²) in [6, 6.07) is 2.02. The molecule has 0 aromatic carbocycles. The Labute approximate surface area is 121 Å². The van der Waals surface area contributed by atoms with E-state index in [0.717, 1.165) is 12.8 Å². The van der Waals surface area contributed by atoms with Crippen LogP contribution in [-0.4, -0.2) is 24.5 Å². The van der Waals surface area contributed by atoms with Gasteiger partial charge in [0.05, 0.1) is 18.7 Å². The highest BCUT2D eigenvalue weighted by atomic mass is 35.5. The van der Waals surface area contributed by atoms with Crippen molar-refractivity contribution in [2.24, 2.45) is 5.73 Å². The van der Waals surface area contributed by atoms with Crippen LogP contribution in [0.3, 0.4) is 0 Å². The van der Waals surface area contributed by atoms with E-state index in [1.54, 1.807) is 7.05 Å². The van der Waals surface area contributed by atoms with Crippen LogP contribution in [-0.2, 0) is 4.79 Å². The molecule has 6 nitrogen and oxygen atoms in total. The second kappa shape index (κ2) is 5.36. The fourth-order valence-electron chi connectivity index (χ4n) is 2.11. The van der Waals surface area contributed by atoms with E-state index in [1.807, 2.05) is 6.07 Å². The predicted molar refractivity (Wildman–Crippen MR) is 74.7 cm³/mol. The lowest BCUT2D eigenvalue weighted by Gasteiger charge is -2.20. The molecule has 1 heterocycles. The number of nitrogens with two attached hydrogens (primary N) is 1. The van der Waals surface area contributed by atoms with Crippen molar-refractivity contribution < 1.29 is 4.79 Å². The number of nitrogens with zero attached hydrogens (tertiary/aromatic N) is 4. The molecule has 0 radical (unpaired) electrons. The van der Waals surface area contributed by atoms with E-state index in [0.29, 0.717) is 11.4 Å². The average Bonchev–Trinajstić information content (AvgIpc) is 3.20. The molecule has 102 valence electrons. The van der Waals surface area contributed by atoms with Crippen LogP contribution in [0, 0.1) is 17.9 Å². The van der Waals surface area contributed by atoms with E-state index >= 15 is 0 Å². The molecule has 1 aromatic heterocycles. The maximum Gasteiger partial charge on any atom is 0.236 e. The number of aromatic nitrogens is 1. The SMILES string of the molecule is [C-]#[N+]c1c(N(C)CC(N)=O)nc(Cl)c(C#N)c1C1CC1. The lowest BCUT2D eigenvalue weighted by molar-refractivity contribution is -0.116. The van der Waals surface area contributed by atoms with Crippen LogP contribution >= 0.6 is 11.6 Å². The lowest BCUT2D eigenvalue weighted by atomic mass is 10.0. The summed E-state index contributed by atoms with van der Waals surface area (Å²) < 4.78 is 0. The molecule has 0 atom stereocenters. The first-order valence-corrected chi connectivity index (χ1v) is 6.37. The van der Waals surface area contributed by atoms with Crippen LogP contribution in [0.4, 0.5) is 11.5 Å². The molecule has 2 N–H and O–H groups in total. The van der Waals surface area contributed by atoms with Gasteiger partial charge in [0.25, 0.3) is 0 Å². The molecular formula is C13H12ClN5O. The standard InChI is InChI=1S/C13H12ClN5O/c1-17-11-10(7-3-4-7)8(5-15)12(14)18-13(11)19(2)6-9(16)20/h7H,3-4,6H2,2H3,(H2,16,20). The fourth-order valence-corrected chi connectivity index (χ4v) is 2.34. The molecule has 0 aliphatic heterocycles. The van der Waals surface area contributed by atoms with E-state index in [-0.39, 0.29) is 28.9 Å². The van der Waals surface area contributed by atoms with Crippen LogP contribution in [0.25, 0.3) is 4.85 Å². The lowest BCUT2D eigenvalue weighted by Crippen LogP contribution is -2.31. The first kappa shape index (κ1) is 14.1. The van der Waals surface area contributed by atoms with Crippen molar-refractivity contribution in [3.05, 3.63) is 27.7 Å². The van der Waals surface area contributed by atoms with Gasteiger partial charge in [-0.1, -0.05) is 11.6 Å². The van der Waals surface area contributed by atoms with E-state index in [2.05, 4.69) is 9.83 Å². The molecule has 1 aliphatic rings. The molecule has 1 saturated carbocycles. The first-order valence-electron chi connectivity index (χ1n) is 6.00. The summed E-state index contributed by atoms with van der Waals surface area (Å²) in [5.41, 5.74) is 6.35. The van der Waals surface area contributed by atoms with Gasteiger partial charge in [0, 0.05) is 7.05 Å². The number of pyridine rings is 1.